The third-order valence-electron chi connectivity index (χ3n) is 4.89. The van der Waals surface area contributed by atoms with Crippen LogP contribution in [-0.2, 0) is 13.3 Å². The van der Waals surface area contributed by atoms with Gasteiger partial charge in [0.15, 0.2) is 29.7 Å². The number of aromatic nitrogens is 4. The fraction of sp³-hybridized carbons (Fsp3) is 0.174. The minimum atomic E-state index is -0.422. The number of anilines is 1. The normalized spacial score (nSPS) is 10.8. The van der Waals surface area contributed by atoms with Crippen molar-refractivity contribution in [1.82, 2.24) is 19.6 Å². The van der Waals surface area contributed by atoms with E-state index in [4.69, 9.17) is 37.4 Å². The molecule has 2 aromatic heterocycles. The Balaban J connectivity index is 1.41. The van der Waals surface area contributed by atoms with Gasteiger partial charge < -0.3 is 19.5 Å². The summed E-state index contributed by atoms with van der Waals surface area (Å²) in [6.07, 6.45) is 3.38. The van der Waals surface area contributed by atoms with Crippen LogP contribution in [-0.4, -0.2) is 39.7 Å². The first-order chi connectivity index (χ1) is 16.9. The Hall–Kier alpha value is -3.21. The molecule has 2 heterocycles. The van der Waals surface area contributed by atoms with Crippen molar-refractivity contribution in [2.24, 2.45) is 0 Å². The van der Waals surface area contributed by atoms with Crippen LogP contribution in [0.25, 0.3) is 0 Å². The molecule has 0 saturated carbocycles. The predicted octanol–water partition coefficient (Wildman–Crippen LogP) is 5.50. The summed E-state index contributed by atoms with van der Waals surface area (Å²) >= 11 is 15.6. The Morgan fingerprint density at radius 1 is 1.06 bits per heavy atom. The zero-order valence-electron chi connectivity index (χ0n) is 18.7. The summed E-state index contributed by atoms with van der Waals surface area (Å²) in [6.45, 7) is 0.451. The third-order valence-corrected chi connectivity index (χ3v) is 6.06. The average Bonchev–Trinajstić information content (AvgIpc) is 3.45. The van der Waals surface area contributed by atoms with E-state index in [-0.39, 0.29) is 12.4 Å². The van der Waals surface area contributed by atoms with E-state index in [0.29, 0.717) is 44.1 Å². The standard InChI is InChI=1S/C23H20BrCl2N5O4/c1-33-19-4-3-5-20(34-2)21(19)35-13-30-9-8-18(28-30)23(32)27-22-16(24)12-31(29-22)11-14-6-7-15(25)10-17(14)26/h3-10,12H,11,13H2,1-2H3,(H,27,29,32). The van der Waals surface area contributed by atoms with Crippen molar-refractivity contribution in [2.75, 3.05) is 19.5 Å². The fourth-order valence-electron chi connectivity index (χ4n) is 3.20. The Morgan fingerprint density at radius 3 is 2.49 bits per heavy atom. The largest absolute Gasteiger partial charge is 0.493 e. The number of carbonyl (C=O) groups excluding carboxylic acids is 1. The van der Waals surface area contributed by atoms with Crippen LogP contribution in [0, 0.1) is 0 Å². The first kappa shape index (κ1) is 24.9. The molecule has 1 amide bonds. The first-order valence-electron chi connectivity index (χ1n) is 10.2. The quantitative estimate of drug-likeness (QED) is 0.281. The fourth-order valence-corrected chi connectivity index (χ4v) is 4.09. The van der Waals surface area contributed by atoms with E-state index in [2.05, 4.69) is 31.4 Å². The highest BCUT2D eigenvalue weighted by atomic mass is 79.9. The van der Waals surface area contributed by atoms with Gasteiger partial charge in [0.1, 0.15) is 0 Å². The maximum atomic E-state index is 12.7. The van der Waals surface area contributed by atoms with E-state index in [9.17, 15) is 4.79 Å². The molecule has 0 spiro atoms. The second-order valence-corrected chi connectivity index (χ2v) is 8.92. The lowest BCUT2D eigenvalue weighted by Crippen LogP contribution is -2.15. The molecule has 12 heteroatoms. The van der Waals surface area contributed by atoms with E-state index < -0.39 is 5.91 Å². The lowest BCUT2D eigenvalue weighted by Gasteiger charge is -2.13. The summed E-state index contributed by atoms with van der Waals surface area (Å²) in [4.78, 5) is 12.7. The maximum absolute atomic E-state index is 12.7. The number of benzene rings is 2. The molecule has 2 aromatic carbocycles. The molecular formula is C23H20BrCl2N5O4. The highest BCUT2D eigenvalue weighted by Crippen LogP contribution is 2.36. The van der Waals surface area contributed by atoms with Crippen molar-refractivity contribution in [3.05, 3.63) is 80.6 Å². The van der Waals surface area contributed by atoms with Crippen LogP contribution in [0.15, 0.2) is 59.3 Å². The lowest BCUT2D eigenvalue weighted by atomic mass is 10.2. The molecule has 0 saturated heterocycles. The molecular weight excluding hydrogens is 561 g/mol. The summed E-state index contributed by atoms with van der Waals surface area (Å²) in [6, 6.07) is 12.2. The number of ether oxygens (including phenoxy) is 3. The van der Waals surface area contributed by atoms with Crippen LogP contribution in [0.1, 0.15) is 16.1 Å². The van der Waals surface area contributed by atoms with Gasteiger partial charge in [0.25, 0.3) is 5.91 Å². The minimum Gasteiger partial charge on any atom is -0.493 e. The van der Waals surface area contributed by atoms with Crippen LogP contribution in [0.4, 0.5) is 5.82 Å². The Labute approximate surface area is 219 Å². The average molecular weight is 581 g/mol. The Bertz CT molecular complexity index is 1340. The summed E-state index contributed by atoms with van der Waals surface area (Å²) < 4.78 is 20.2. The SMILES string of the molecule is COc1cccc(OC)c1OCn1ccc(C(=O)Nc2nn(Cc3ccc(Cl)cc3Cl)cc2Br)n1. The van der Waals surface area contributed by atoms with Gasteiger partial charge in [0.2, 0.25) is 5.75 Å². The molecule has 0 fully saturated rings. The zero-order chi connectivity index (χ0) is 24.9. The predicted molar refractivity (Wildman–Crippen MR) is 136 cm³/mol. The molecule has 182 valence electrons. The number of para-hydroxylation sites is 1. The number of halogens is 3. The smallest absolute Gasteiger partial charge is 0.277 e. The summed E-state index contributed by atoms with van der Waals surface area (Å²) in [7, 11) is 3.09. The van der Waals surface area contributed by atoms with E-state index >= 15 is 0 Å². The molecule has 0 bridgehead atoms. The highest BCUT2D eigenvalue weighted by Gasteiger charge is 2.16. The number of amides is 1. The van der Waals surface area contributed by atoms with Gasteiger partial charge in [-0.05, 0) is 51.8 Å². The second-order valence-electron chi connectivity index (χ2n) is 7.22. The van der Waals surface area contributed by atoms with Crippen LogP contribution < -0.4 is 19.5 Å². The van der Waals surface area contributed by atoms with E-state index in [0.717, 1.165) is 5.56 Å². The summed E-state index contributed by atoms with van der Waals surface area (Å²) in [5.41, 5.74) is 1.04. The number of hydrogen-bond donors (Lipinski definition) is 1. The topological polar surface area (TPSA) is 92.4 Å². The number of nitrogens with one attached hydrogen (secondary N) is 1. The summed E-state index contributed by atoms with van der Waals surface area (Å²) in [5, 5.41) is 12.5. The maximum Gasteiger partial charge on any atom is 0.277 e. The molecule has 4 aromatic rings. The molecule has 1 N–H and O–H groups in total. The molecule has 35 heavy (non-hydrogen) atoms. The zero-order valence-corrected chi connectivity index (χ0v) is 21.8. The van der Waals surface area contributed by atoms with E-state index in [1.807, 2.05) is 6.07 Å². The van der Waals surface area contributed by atoms with Crippen LogP contribution >= 0.6 is 39.1 Å². The Morgan fingerprint density at radius 2 is 1.80 bits per heavy atom. The van der Waals surface area contributed by atoms with Gasteiger partial charge in [-0.2, -0.15) is 10.2 Å². The van der Waals surface area contributed by atoms with Crippen LogP contribution in [0.3, 0.4) is 0 Å². The second kappa shape index (κ2) is 11.0. The van der Waals surface area contributed by atoms with Crippen molar-refractivity contribution < 1.29 is 19.0 Å². The monoisotopic (exact) mass is 579 g/mol. The first-order valence-corrected chi connectivity index (χ1v) is 11.8. The number of methoxy groups -OCH3 is 2. The molecule has 4 rings (SSSR count). The minimum absolute atomic E-state index is 0.0458. The molecule has 0 aliphatic heterocycles. The van der Waals surface area contributed by atoms with Gasteiger partial charge in [-0.25, -0.2) is 4.68 Å². The molecule has 0 aliphatic carbocycles. The van der Waals surface area contributed by atoms with Crippen molar-refractivity contribution in [2.45, 2.75) is 13.3 Å². The van der Waals surface area contributed by atoms with Gasteiger partial charge in [-0.1, -0.05) is 35.3 Å². The van der Waals surface area contributed by atoms with Crippen LogP contribution in [0.2, 0.25) is 10.0 Å². The molecule has 0 radical (unpaired) electrons. The number of rotatable bonds is 9. The molecule has 0 unspecified atom stereocenters. The van der Waals surface area contributed by atoms with Gasteiger partial charge in [-0.15, -0.1) is 0 Å². The highest BCUT2D eigenvalue weighted by molar-refractivity contribution is 9.10. The van der Waals surface area contributed by atoms with Gasteiger partial charge in [-0.3, -0.25) is 9.48 Å². The number of hydrogen-bond acceptors (Lipinski definition) is 6. The number of nitrogens with zero attached hydrogens (tertiary/aromatic N) is 4. The summed E-state index contributed by atoms with van der Waals surface area (Å²) in [5.74, 6) is 1.41. The van der Waals surface area contributed by atoms with E-state index in [1.165, 1.54) is 4.68 Å². The molecule has 9 nitrogen and oxygen atoms in total. The molecule has 0 aliphatic rings. The van der Waals surface area contributed by atoms with E-state index in [1.54, 1.807) is 67.7 Å². The van der Waals surface area contributed by atoms with Crippen molar-refractivity contribution >= 4 is 50.9 Å². The lowest BCUT2D eigenvalue weighted by molar-refractivity contribution is 0.101. The van der Waals surface area contributed by atoms with Gasteiger partial charge in [0, 0.05) is 22.4 Å². The Kier molecular flexibility index (Phi) is 7.84. The number of carbonyl (C=O) groups is 1. The molecule has 0 atom stereocenters. The van der Waals surface area contributed by atoms with Crippen molar-refractivity contribution in [1.29, 1.82) is 0 Å². The van der Waals surface area contributed by atoms with Gasteiger partial charge in [0.05, 0.1) is 25.2 Å². The third kappa shape index (κ3) is 5.90. The van der Waals surface area contributed by atoms with Crippen molar-refractivity contribution in [3.63, 3.8) is 0 Å². The van der Waals surface area contributed by atoms with Crippen LogP contribution in [0.5, 0.6) is 17.2 Å². The van der Waals surface area contributed by atoms with Crippen molar-refractivity contribution in [3.8, 4) is 17.2 Å². The van der Waals surface area contributed by atoms with Gasteiger partial charge >= 0.3 is 0 Å².